The summed E-state index contributed by atoms with van der Waals surface area (Å²) in [6.45, 7) is 2.48. The summed E-state index contributed by atoms with van der Waals surface area (Å²) < 4.78 is 0. The van der Waals surface area contributed by atoms with Gasteiger partial charge in [0, 0.05) is 18.9 Å². The van der Waals surface area contributed by atoms with Crippen LogP contribution < -0.4 is 5.32 Å². The molecule has 102 valence electrons. The van der Waals surface area contributed by atoms with Crippen LogP contribution in [0.1, 0.15) is 28.2 Å². The van der Waals surface area contributed by atoms with Crippen molar-refractivity contribution in [1.29, 1.82) is 5.26 Å². The molecule has 0 saturated heterocycles. The number of carbonyl (C=O) groups is 1. The van der Waals surface area contributed by atoms with Crippen molar-refractivity contribution in [2.24, 2.45) is 0 Å². The van der Waals surface area contributed by atoms with Crippen molar-refractivity contribution < 1.29 is 9.90 Å². The molecule has 6 heteroatoms. The third kappa shape index (κ3) is 5.28. The van der Waals surface area contributed by atoms with E-state index in [4.69, 9.17) is 10.4 Å². The summed E-state index contributed by atoms with van der Waals surface area (Å²) in [4.78, 5) is 15.9. The van der Waals surface area contributed by atoms with E-state index in [1.807, 2.05) is 6.07 Å². The van der Waals surface area contributed by atoms with Gasteiger partial charge in [-0.15, -0.1) is 0 Å². The van der Waals surface area contributed by atoms with Crippen LogP contribution in [0.2, 0.25) is 0 Å². The molecule has 1 heterocycles. The Morgan fingerprint density at radius 1 is 1.53 bits per heavy atom. The maximum atomic E-state index is 11.8. The van der Waals surface area contributed by atoms with E-state index >= 15 is 0 Å². The molecule has 0 bridgehead atoms. The highest BCUT2D eigenvalue weighted by molar-refractivity contribution is 7.99. The largest absolute Gasteiger partial charge is 0.396 e. The summed E-state index contributed by atoms with van der Waals surface area (Å²) in [5.74, 6) is 1.47. The molecule has 19 heavy (non-hydrogen) atoms. The Hall–Kier alpha value is -1.58. The highest BCUT2D eigenvalue weighted by Crippen LogP contribution is 2.05. The van der Waals surface area contributed by atoms with E-state index in [2.05, 4.69) is 10.3 Å². The lowest BCUT2D eigenvalue weighted by Crippen LogP contribution is -2.26. The standard InChI is InChI=1S/C13H17N3O2S/c1-10-11(9-14)3-4-12(16-10)13(18)15-5-8-19-7-2-6-17/h3-4,17H,2,5-8H2,1H3,(H,15,18). The Balaban J connectivity index is 2.38. The number of rotatable bonds is 7. The maximum Gasteiger partial charge on any atom is 0.269 e. The molecule has 0 atom stereocenters. The fourth-order valence-corrected chi connectivity index (χ4v) is 2.19. The number of aryl methyl sites for hydroxylation is 1. The monoisotopic (exact) mass is 279 g/mol. The summed E-state index contributed by atoms with van der Waals surface area (Å²) in [5, 5.41) is 20.2. The topological polar surface area (TPSA) is 86.0 Å². The first-order chi connectivity index (χ1) is 9.19. The van der Waals surface area contributed by atoms with Gasteiger partial charge in [0.1, 0.15) is 11.8 Å². The molecule has 0 saturated carbocycles. The number of aromatic nitrogens is 1. The van der Waals surface area contributed by atoms with Gasteiger partial charge in [-0.3, -0.25) is 4.79 Å². The minimum atomic E-state index is -0.227. The van der Waals surface area contributed by atoms with Gasteiger partial charge in [-0.2, -0.15) is 17.0 Å². The molecule has 0 aliphatic carbocycles. The minimum Gasteiger partial charge on any atom is -0.396 e. The molecule has 1 aromatic heterocycles. The number of pyridine rings is 1. The van der Waals surface area contributed by atoms with Crippen molar-refractivity contribution in [3.05, 3.63) is 29.1 Å². The molecule has 0 spiro atoms. The molecule has 1 rings (SSSR count). The van der Waals surface area contributed by atoms with E-state index in [0.29, 0.717) is 23.5 Å². The first-order valence-electron chi connectivity index (χ1n) is 6.03. The Bertz CT molecular complexity index is 471. The number of aliphatic hydroxyl groups excluding tert-OH is 1. The lowest BCUT2D eigenvalue weighted by atomic mass is 10.2. The second-order valence-corrected chi connectivity index (χ2v) is 5.11. The van der Waals surface area contributed by atoms with E-state index in [1.54, 1.807) is 30.8 Å². The van der Waals surface area contributed by atoms with Crippen molar-refractivity contribution in [3.63, 3.8) is 0 Å². The SMILES string of the molecule is Cc1nc(C(=O)NCCSCCCO)ccc1C#N. The van der Waals surface area contributed by atoms with Crippen LogP contribution >= 0.6 is 11.8 Å². The van der Waals surface area contributed by atoms with Crippen LogP contribution in [0.25, 0.3) is 0 Å². The van der Waals surface area contributed by atoms with Crippen molar-refractivity contribution in [1.82, 2.24) is 10.3 Å². The third-order valence-corrected chi connectivity index (χ3v) is 3.49. The molecule has 1 amide bonds. The second-order valence-electron chi connectivity index (χ2n) is 3.89. The number of nitrogens with zero attached hydrogens (tertiary/aromatic N) is 2. The van der Waals surface area contributed by atoms with Gasteiger partial charge in [-0.05, 0) is 31.2 Å². The number of hydrogen-bond acceptors (Lipinski definition) is 5. The van der Waals surface area contributed by atoms with Gasteiger partial charge >= 0.3 is 0 Å². The van der Waals surface area contributed by atoms with Gasteiger partial charge in [0.2, 0.25) is 0 Å². The van der Waals surface area contributed by atoms with Crippen LogP contribution in [0.3, 0.4) is 0 Å². The predicted octanol–water partition coefficient (Wildman–Crippen LogP) is 1.11. The second kappa shape index (κ2) is 8.51. The molecular weight excluding hydrogens is 262 g/mol. The van der Waals surface area contributed by atoms with Gasteiger partial charge in [-0.1, -0.05) is 0 Å². The van der Waals surface area contributed by atoms with Crippen LogP contribution in [0.5, 0.6) is 0 Å². The van der Waals surface area contributed by atoms with Crippen molar-refractivity contribution in [2.45, 2.75) is 13.3 Å². The van der Waals surface area contributed by atoms with Crippen LogP contribution in [-0.2, 0) is 0 Å². The Morgan fingerprint density at radius 2 is 2.32 bits per heavy atom. The van der Waals surface area contributed by atoms with E-state index < -0.39 is 0 Å². The van der Waals surface area contributed by atoms with Crippen LogP contribution in [0.15, 0.2) is 12.1 Å². The summed E-state index contributed by atoms with van der Waals surface area (Å²) in [7, 11) is 0. The van der Waals surface area contributed by atoms with Crippen LogP contribution in [-0.4, -0.2) is 40.7 Å². The zero-order valence-corrected chi connectivity index (χ0v) is 11.7. The molecule has 0 unspecified atom stereocenters. The zero-order chi connectivity index (χ0) is 14.1. The quantitative estimate of drug-likeness (QED) is 0.730. The summed E-state index contributed by atoms with van der Waals surface area (Å²) >= 11 is 1.69. The first kappa shape index (κ1) is 15.5. The molecule has 0 aliphatic rings. The molecule has 0 fully saturated rings. The lowest BCUT2D eigenvalue weighted by molar-refractivity contribution is 0.0951. The summed E-state index contributed by atoms with van der Waals surface area (Å²) in [6.07, 6.45) is 0.773. The fourth-order valence-electron chi connectivity index (χ4n) is 1.40. The van der Waals surface area contributed by atoms with Crippen LogP contribution in [0.4, 0.5) is 0 Å². The number of nitriles is 1. The minimum absolute atomic E-state index is 0.202. The molecule has 0 aromatic carbocycles. The molecule has 0 aliphatic heterocycles. The summed E-state index contributed by atoms with van der Waals surface area (Å²) in [6, 6.07) is 5.18. The highest BCUT2D eigenvalue weighted by Gasteiger charge is 2.08. The number of aliphatic hydroxyl groups is 1. The average molecular weight is 279 g/mol. The third-order valence-electron chi connectivity index (χ3n) is 2.42. The molecular formula is C13H17N3O2S. The smallest absolute Gasteiger partial charge is 0.269 e. The number of nitrogens with one attached hydrogen (secondary N) is 1. The molecule has 1 aromatic rings. The first-order valence-corrected chi connectivity index (χ1v) is 7.19. The zero-order valence-electron chi connectivity index (χ0n) is 10.8. The predicted molar refractivity (Wildman–Crippen MR) is 75.1 cm³/mol. The van der Waals surface area contributed by atoms with E-state index in [0.717, 1.165) is 17.9 Å². The number of carbonyl (C=O) groups excluding carboxylic acids is 1. The van der Waals surface area contributed by atoms with Gasteiger partial charge < -0.3 is 10.4 Å². The van der Waals surface area contributed by atoms with Gasteiger partial charge in [0.15, 0.2) is 0 Å². The number of amides is 1. The van der Waals surface area contributed by atoms with Crippen molar-refractivity contribution in [2.75, 3.05) is 24.7 Å². The lowest BCUT2D eigenvalue weighted by Gasteiger charge is -2.05. The highest BCUT2D eigenvalue weighted by atomic mass is 32.2. The fraction of sp³-hybridized carbons (Fsp3) is 0.462. The van der Waals surface area contributed by atoms with Gasteiger partial charge in [0.05, 0.1) is 11.3 Å². The Kier molecular flexibility index (Phi) is 6.93. The normalized spacial score (nSPS) is 9.95. The van der Waals surface area contributed by atoms with E-state index in [1.165, 1.54) is 0 Å². The molecule has 0 radical (unpaired) electrons. The van der Waals surface area contributed by atoms with Crippen molar-refractivity contribution in [3.8, 4) is 6.07 Å². The van der Waals surface area contributed by atoms with E-state index in [9.17, 15) is 4.79 Å². The number of thioether (sulfide) groups is 1. The maximum absolute atomic E-state index is 11.8. The van der Waals surface area contributed by atoms with Gasteiger partial charge in [-0.25, -0.2) is 4.98 Å². The number of hydrogen-bond donors (Lipinski definition) is 2. The Labute approximate surface area is 117 Å². The Morgan fingerprint density at radius 3 is 2.95 bits per heavy atom. The molecule has 2 N–H and O–H groups in total. The molecule has 5 nitrogen and oxygen atoms in total. The van der Waals surface area contributed by atoms with Gasteiger partial charge in [0.25, 0.3) is 5.91 Å². The average Bonchev–Trinajstić information content (AvgIpc) is 2.42. The summed E-state index contributed by atoms with van der Waals surface area (Å²) in [5.41, 5.74) is 1.38. The van der Waals surface area contributed by atoms with E-state index in [-0.39, 0.29) is 12.5 Å². The van der Waals surface area contributed by atoms with Crippen molar-refractivity contribution >= 4 is 17.7 Å². The van der Waals surface area contributed by atoms with Crippen LogP contribution in [0, 0.1) is 18.3 Å².